The zero-order valence-corrected chi connectivity index (χ0v) is 23.3. The Morgan fingerprint density at radius 3 is 2.49 bits per heavy atom. The molecule has 0 radical (unpaired) electrons. The highest BCUT2D eigenvalue weighted by Crippen LogP contribution is 2.31. The van der Waals surface area contributed by atoms with E-state index in [9.17, 15) is 30.0 Å². The molecule has 5 N–H and O–H groups in total. The Morgan fingerprint density at radius 1 is 1.05 bits per heavy atom. The van der Waals surface area contributed by atoms with Crippen molar-refractivity contribution in [3.8, 4) is 0 Å². The molecule has 2 aromatic rings. The van der Waals surface area contributed by atoms with Crippen LogP contribution in [0.4, 0.5) is 5.69 Å². The summed E-state index contributed by atoms with van der Waals surface area (Å²) in [7, 11) is 0. The number of aliphatic hydroxyl groups is 5. The molecule has 1 fully saturated rings. The molecule has 1 aliphatic heterocycles. The van der Waals surface area contributed by atoms with Gasteiger partial charge in [0.2, 0.25) is 5.91 Å². The Hall–Kier alpha value is -2.34. The lowest BCUT2D eigenvalue weighted by molar-refractivity contribution is -0.117. The zero-order chi connectivity index (χ0) is 28.4. The van der Waals surface area contributed by atoms with Crippen LogP contribution in [-0.2, 0) is 16.0 Å². The van der Waals surface area contributed by atoms with Crippen molar-refractivity contribution in [3.05, 3.63) is 51.7 Å². The Morgan fingerprint density at radius 2 is 1.79 bits per heavy atom. The molecule has 1 amide bonds. The van der Waals surface area contributed by atoms with Gasteiger partial charge in [-0.05, 0) is 61.9 Å². The molecule has 39 heavy (non-hydrogen) atoms. The molecule has 1 saturated heterocycles. The van der Waals surface area contributed by atoms with Crippen molar-refractivity contribution in [1.29, 1.82) is 0 Å². The number of aliphatic hydroxyl groups excluding tert-OH is 5. The Labute approximate surface area is 233 Å². The standard InChI is InChI=1S/C29H41NO8S/c1-2-3-4-8-23(32)19-9-11-21(12-10-19)30-20(13-16-27(30)35)6-5-7-22-14-15-26(39-22)29(37)38-18-25(34)28(36)24(33)17-31/h9-12,14-15,20,23-25,28,31-34,36H,2-8,13,16-18H2,1H3/t20-,23-,24-,25-,28-/m0/s1. The zero-order valence-electron chi connectivity index (χ0n) is 22.4. The summed E-state index contributed by atoms with van der Waals surface area (Å²) in [4.78, 5) is 28.2. The van der Waals surface area contributed by atoms with Gasteiger partial charge in [0.1, 0.15) is 29.8 Å². The van der Waals surface area contributed by atoms with Gasteiger partial charge in [-0.2, -0.15) is 0 Å². The number of hydrogen-bond donors (Lipinski definition) is 5. The van der Waals surface area contributed by atoms with E-state index < -0.39 is 43.6 Å². The smallest absolute Gasteiger partial charge is 0.348 e. The molecule has 10 heteroatoms. The summed E-state index contributed by atoms with van der Waals surface area (Å²) in [6, 6.07) is 11.3. The molecule has 216 valence electrons. The topological polar surface area (TPSA) is 148 Å². The molecule has 9 nitrogen and oxygen atoms in total. The number of thiophene rings is 1. The van der Waals surface area contributed by atoms with E-state index in [1.54, 1.807) is 6.07 Å². The van der Waals surface area contributed by atoms with Crippen LogP contribution < -0.4 is 4.90 Å². The molecule has 0 bridgehead atoms. The van der Waals surface area contributed by atoms with Crippen LogP contribution in [0.2, 0.25) is 0 Å². The fraction of sp³-hybridized carbons (Fsp3) is 0.586. The van der Waals surface area contributed by atoms with E-state index in [0.29, 0.717) is 11.3 Å². The number of esters is 1. The molecular formula is C29H41NO8S. The molecule has 1 aromatic carbocycles. The van der Waals surface area contributed by atoms with Gasteiger partial charge in [-0.15, -0.1) is 11.3 Å². The van der Waals surface area contributed by atoms with Crippen molar-refractivity contribution in [2.75, 3.05) is 18.1 Å². The third kappa shape index (κ3) is 8.83. The van der Waals surface area contributed by atoms with Gasteiger partial charge in [-0.25, -0.2) is 4.79 Å². The molecular weight excluding hydrogens is 522 g/mol. The molecule has 5 atom stereocenters. The Balaban J connectivity index is 1.48. The second-order valence-corrected chi connectivity index (χ2v) is 11.3. The van der Waals surface area contributed by atoms with Crippen molar-refractivity contribution in [2.45, 2.75) is 95.2 Å². The first-order chi connectivity index (χ1) is 18.7. The van der Waals surface area contributed by atoms with Gasteiger partial charge in [0.15, 0.2) is 0 Å². The fourth-order valence-corrected chi connectivity index (χ4v) is 5.76. The molecule has 0 saturated carbocycles. The molecule has 1 aliphatic rings. The third-order valence-electron chi connectivity index (χ3n) is 7.15. The molecule has 1 aromatic heterocycles. The van der Waals surface area contributed by atoms with Gasteiger partial charge in [0.05, 0.1) is 12.7 Å². The summed E-state index contributed by atoms with van der Waals surface area (Å²) in [5.74, 6) is -0.529. The lowest BCUT2D eigenvalue weighted by Gasteiger charge is -2.25. The molecule has 0 aliphatic carbocycles. The van der Waals surface area contributed by atoms with Gasteiger partial charge in [0, 0.05) is 23.0 Å². The number of hydrogen-bond acceptors (Lipinski definition) is 9. The first-order valence-corrected chi connectivity index (χ1v) is 14.6. The van der Waals surface area contributed by atoms with Crippen molar-refractivity contribution in [3.63, 3.8) is 0 Å². The summed E-state index contributed by atoms with van der Waals surface area (Å²) < 4.78 is 5.04. The maximum atomic E-state index is 12.7. The predicted octanol–water partition coefficient (Wildman–Crippen LogP) is 3.11. The summed E-state index contributed by atoms with van der Waals surface area (Å²) in [6.45, 7) is 0.912. The van der Waals surface area contributed by atoms with Crippen LogP contribution in [0.15, 0.2) is 36.4 Å². The number of rotatable bonds is 16. The van der Waals surface area contributed by atoms with Gasteiger partial charge < -0.3 is 35.2 Å². The number of nitrogens with zero attached hydrogens (tertiary/aromatic N) is 1. The largest absolute Gasteiger partial charge is 0.459 e. The van der Waals surface area contributed by atoms with Crippen molar-refractivity contribution >= 4 is 28.9 Å². The molecule has 0 spiro atoms. The van der Waals surface area contributed by atoms with E-state index in [-0.39, 0.29) is 11.9 Å². The van der Waals surface area contributed by atoms with Gasteiger partial charge >= 0.3 is 5.97 Å². The van der Waals surface area contributed by atoms with Crippen LogP contribution in [0, 0.1) is 0 Å². The lowest BCUT2D eigenvalue weighted by atomic mass is 10.0. The first-order valence-electron chi connectivity index (χ1n) is 13.8. The predicted molar refractivity (Wildman–Crippen MR) is 149 cm³/mol. The highest BCUT2D eigenvalue weighted by molar-refractivity contribution is 7.13. The average molecular weight is 564 g/mol. The quantitative estimate of drug-likeness (QED) is 0.155. The van der Waals surface area contributed by atoms with E-state index in [2.05, 4.69) is 6.92 Å². The minimum atomic E-state index is -1.62. The van der Waals surface area contributed by atoms with E-state index in [4.69, 9.17) is 9.84 Å². The van der Waals surface area contributed by atoms with E-state index in [1.165, 1.54) is 11.3 Å². The second-order valence-electron chi connectivity index (χ2n) is 10.1. The number of aryl methyl sites for hydroxylation is 1. The van der Waals surface area contributed by atoms with Crippen molar-refractivity contribution in [2.24, 2.45) is 0 Å². The van der Waals surface area contributed by atoms with Crippen LogP contribution in [0.1, 0.15) is 84.5 Å². The summed E-state index contributed by atoms with van der Waals surface area (Å²) in [5.41, 5.74) is 1.73. The van der Waals surface area contributed by atoms with E-state index >= 15 is 0 Å². The van der Waals surface area contributed by atoms with Crippen LogP contribution in [-0.4, -0.2) is 75.0 Å². The minimum absolute atomic E-state index is 0.101. The lowest BCUT2D eigenvalue weighted by Crippen LogP contribution is -2.42. The molecule has 3 rings (SSSR count). The second kappa shape index (κ2) is 15.4. The number of unbranched alkanes of at least 4 members (excludes halogenated alkanes) is 2. The van der Waals surface area contributed by atoms with Crippen LogP contribution >= 0.6 is 11.3 Å². The highest BCUT2D eigenvalue weighted by atomic mass is 32.1. The highest BCUT2D eigenvalue weighted by Gasteiger charge is 2.32. The number of benzene rings is 1. The summed E-state index contributed by atoms with van der Waals surface area (Å²) in [6.07, 6.45) is 2.49. The maximum absolute atomic E-state index is 12.7. The van der Waals surface area contributed by atoms with E-state index in [1.807, 2.05) is 35.2 Å². The van der Waals surface area contributed by atoms with Crippen LogP contribution in [0.5, 0.6) is 0 Å². The van der Waals surface area contributed by atoms with Crippen LogP contribution in [0.25, 0.3) is 0 Å². The minimum Gasteiger partial charge on any atom is -0.459 e. The normalized spacial score (nSPS) is 18.7. The number of ether oxygens (including phenoxy) is 1. The monoisotopic (exact) mass is 563 g/mol. The van der Waals surface area contributed by atoms with Gasteiger partial charge in [0.25, 0.3) is 0 Å². The molecule has 2 heterocycles. The summed E-state index contributed by atoms with van der Waals surface area (Å²) >= 11 is 1.29. The average Bonchev–Trinajstić information content (AvgIpc) is 3.57. The van der Waals surface area contributed by atoms with Crippen molar-refractivity contribution in [1.82, 2.24) is 0 Å². The molecule has 0 unspecified atom stereocenters. The number of carbonyl (C=O) groups is 2. The summed E-state index contributed by atoms with van der Waals surface area (Å²) in [5, 5.41) is 48.1. The third-order valence-corrected chi connectivity index (χ3v) is 8.27. The van der Waals surface area contributed by atoms with E-state index in [0.717, 1.165) is 67.5 Å². The number of carbonyl (C=O) groups excluding carboxylic acids is 2. The first kappa shape index (κ1) is 31.2. The van der Waals surface area contributed by atoms with Crippen LogP contribution in [0.3, 0.4) is 0 Å². The Bertz CT molecular complexity index is 1040. The number of anilines is 1. The van der Waals surface area contributed by atoms with Gasteiger partial charge in [-0.1, -0.05) is 38.3 Å². The fourth-order valence-electron chi connectivity index (χ4n) is 4.81. The Kier molecular flexibility index (Phi) is 12.4. The van der Waals surface area contributed by atoms with Crippen molar-refractivity contribution < 1.29 is 39.9 Å². The maximum Gasteiger partial charge on any atom is 0.348 e. The SMILES string of the molecule is CCCCC[C@H](O)c1ccc(N2C(=O)CC[C@@H]2CCCc2ccc(C(=O)OC[C@H](O)[C@@H](O)[C@@H](O)CO)s2)cc1. The van der Waals surface area contributed by atoms with Gasteiger partial charge in [-0.3, -0.25) is 4.79 Å². The number of amides is 1.